The molecule has 2 amide bonds. The van der Waals surface area contributed by atoms with Crippen LogP contribution in [-0.2, 0) is 15.8 Å². The number of ether oxygens (including phenoxy) is 1. The lowest BCUT2D eigenvalue weighted by molar-refractivity contribution is -0.137. The molecule has 0 radical (unpaired) electrons. The summed E-state index contributed by atoms with van der Waals surface area (Å²) in [4.78, 5) is 23.7. The number of methoxy groups -OCH3 is 1. The van der Waals surface area contributed by atoms with E-state index < -0.39 is 29.2 Å². The van der Waals surface area contributed by atoms with Gasteiger partial charge in [-0.15, -0.1) is 0 Å². The van der Waals surface area contributed by atoms with Crippen LogP contribution in [0.15, 0.2) is 42.5 Å². The van der Waals surface area contributed by atoms with Gasteiger partial charge < -0.3 is 15.4 Å². The molecule has 0 aliphatic carbocycles. The van der Waals surface area contributed by atoms with Gasteiger partial charge in [-0.3, -0.25) is 9.59 Å². The summed E-state index contributed by atoms with van der Waals surface area (Å²) in [6.07, 6.45) is -4.66. The van der Waals surface area contributed by atoms with Crippen LogP contribution >= 0.6 is 11.6 Å². The molecule has 0 spiro atoms. The van der Waals surface area contributed by atoms with E-state index in [4.69, 9.17) is 16.3 Å². The molecular formula is C16H12ClF3N2O3. The zero-order valence-electron chi connectivity index (χ0n) is 12.8. The van der Waals surface area contributed by atoms with E-state index in [1.807, 2.05) is 5.32 Å². The fourth-order valence-electron chi connectivity index (χ4n) is 1.95. The highest BCUT2D eigenvalue weighted by Gasteiger charge is 2.34. The second kappa shape index (κ2) is 7.43. The monoisotopic (exact) mass is 372 g/mol. The van der Waals surface area contributed by atoms with Gasteiger partial charge in [0.15, 0.2) is 0 Å². The van der Waals surface area contributed by atoms with Crippen molar-refractivity contribution in [1.29, 1.82) is 0 Å². The quantitative estimate of drug-likeness (QED) is 0.802. The molecule has 0 fully saturated rings. The van der Waals surface area contributed by atoms with Crippen molar-refractivity contribution in [2.24, 2.45) is 0 Å². The molecule has 0 unspecified atom stereocenters. The molecule has 0 aliphatic rings. The zero-order chi connectivity index (χ0) is 18.6. The summed E-state index contributed by atoms with van der Waals surface area (Å²) in [7, 11) is 1.41. The van der Waals surface area contributed by atoms with Gasteiger partial charge in [0.25, 0.3) is 0 Å². The van der Waals surface area contributed by atoms with Crippen molar-refractivity contribution in [1.82, 2.24) is 0 Å². The van der Waals surface area contributed by atoms with Crippen LogP contribution in [0, 0.1) is 0 Å². The Morgan fingerprint density at radius 2 is 1.68 bits per heavy atom. The van der Waals surface area contributed by atoms with E-state index in [0.717, 1.165) is 12.1 Å². The number of rotatable bonds is 3. The summed E-state index contributed by atoms with van der Waals surface area (Å²) < 4.78 is 43.6. The predicted octanol–water partition coefficient (Wildman–Crippen LogP) is 3.94. The number of carbonyl (C=O) groups excluding carboxylic acids is 2. The van der Waals surface area contributed by atoms with E-state index >= 15 is 0 Å². The largest absolute Gasteiger partial charge is 0.495 e. The number of para-hydroxylation sites is 1. The fraction of sp³-hybridized carbons (Fsp3) is 0.125. The van der Waals surface area contributed by atoms with Crippen LogP contribution in [-0.4, -0.2) is 18.9 Å². The van der Waals surface area contributed by atoms with Crippen LogP contribution in [0.1, 0.15) is 5.56 Å². The lowest BCUT2D eigenvalue weighted by Gasteiger charge is -2.13. The number of hydrogen-bond acceptors (Lipinski definition) is 3. The van der Waals surface area contributed by atoms with E-state index in [1.54, 1.807) is 0 Å². The second-order valence-electron chi connectivity index (χ2n) is 4.80. The van der Waals surface area contributed by atoms with Crippen LogP contribution in [0.25, 0.3) is 0 Å². The zero-order valence-corrected chi connectivity index (χ0v) is 13.5. The van der Waals surface area contributed by atoms with Gasteiger partial charge in [-0.1, -0.05) is 23.7 Å². The first-order chi connectivity index (χ1) is 11.7. The minimum absolute atomic E-state index is 0.190. The Morgan fingerprint density at radius 3 is 2.28 bits per heavy atom. The third kappa shape index (κ3) is 4.63. The average Bonchev–Trinajstić information content (AvgIpc) is 2.54. The van der Waals surface area contributed by atoms with E-state index in [0.29, 0.717) is 5.75 Å². The maximum atomic E-state index is 12.9. The van der Waals surface area contributed by atoms with Crippen LogP contribution < -0.4 is 15.4 Å². The summed E-state index contributed by atoms with van der Waals surface area (Å²) in [5.41, 5.74) is -1.37. The number of halogens is 4. The van der Waals surface area contributed by atoms with E-state index in [2.05, 4.69) is 5.32 Å². The molecular weight excluding hydrogens is 361 g/mol. The Hall–Kier alpha value is -2.74. The number of carbonyl (C=O) groups is 2. The molecule has 0 aliphatic heterocycles. The first kappa shape index (κ1) is 18.6. The standard InChI is InChI=1S/C16H12ClF3N2O3/c1-25-13-7-6-9(8-11(13)17)21-14(23)15(24)22-12-5-3-2-4-10(12)16(18,19)20/h2-8H,1H3,(H,21,23)(H,22,24). The van der Waals surface area contributed by atoms with Crippen LogP contribution in [0.5, 0.6) is 5.75 Å². The van der Waals surface area contributed by atoms with Crippen molar-refractivity contribution in [2.75, 3.05) is 17.7 Å². The van der Waals surface area contributed by atoms with Crippen LogP contribution in [0.2, 0.25) is 5.02 Å². The lowest BCUT2D eigenvalue weighted by Crippen LogP contribution is -2.30. The molecule has 0 aromatic heterocycles. The van der Waals surface area contributed by atoms with Gasteiger partial charge in [0.05, 0.1) is 23.4 Å². The van der Waals surface area contributed by atoms with E-state index in [1.165, 1.54) is 37.4 Å². The number of hydrogen-bond donors (Lipinski definition) is 2. The molecule has 0 saturated heterocycles. The van der Waals surface area contributed by atoms with Crippen LogP contribution in [0.3, 0.4) is 0 Å². The summed E-state index contributed by atoms with van der Waals surface area (Å²) in [6.45, 7) is 0. The van der Waals surface area contributed by atoms with Crippen LogP contribution in [0.4, 0.5) is 24.5 Å². The molecule has 25 heavy (non-hydrogen) atoms. The Kier molecular flexibility index (Phi) is 5.53. The maximum Gasteiger partial charge on any atom is 0.418 e. The van der Waals surface area contributed by atoms with Crippen molar-refractivity contribution < 1.29 is 27.5 Å². The number of amides is 2. The average molecular weight is 373 g/mol. The van der Waals surface area contributed by atoms with E-state index in [9.17, 15) is 22.8 Å². The first-order valence-electron chi connectivity index (χ1n) is 6.84. The first-order valence-corrected chi connectivity index (χ1v) is 7.22. The van der Waals surface area contributed by atoms with Crippen molar-refractivity contribution in [2.45, 2.75) is 6.18 Å². The van der Waals surface area contributed by atoms with Crippen molar-refractivity contribution >= 4 is 34.8 Å². The SMILES string of the molecule is COc1ccc(NC(=O)C(=O)Nc2ccccc2C(F)(F)F)cc1Cl. The summed E-state index contributed by atoms with van der Waals surface area (Å²) in [5, 5.41) is 4.38. The molecule has 0 atom stereocenters. The number of benzene rings is 2. The molecule has 2 aromatic rings. The second-order valence-corrected chi connectivity index (χ2v) is 5.21. The Morgan fingerprint density at radius 1 is 1.04 bits per heavy atom. The van der Waals surface area contributed by atoms with E-state index in [-0.39, 0.29) is 10.7 Å². The Bertz CT molecular complexity index is 809. The molecule has 2 aromatic carbocycles. The topological polar surface area (TPSA) is 67.4 Å². The van der Waals surface area contributed by atoms with Gasteiger partial charge in [-0.25, -0.2) is 0 Å². The third-order valence-electron chi connectivity index (χ3n) is 3.10. The molecule has 2 rings (SSSR count). The van der Waals surface area contributed by atoms with Gasteiger partial charge in [0.1, 0.15) is 5.75 Å². The number of alkyl halides is 3. The minimum Gasteiger partial charge on any atom is -0.495 e. The molecule has 5 nitrogen and oxygen atoms in total. The highest BCUT2D eigenvalue weighted by atomic mass is 35.5. The van der Waals surface area contributed by atoms with Gasteiger partial charge >= 0.3 is 18.0 Å². The summed E-state index contributed by atoms with van der Waals surface area (Å²) in [5.74, 6) is -2.02. The third-order valence-corrected chi connectivity index (χ3v) is 3.39. The molecule has 0 heterocycles. The Labute approximate surface area is 145 Å². The highest BCUT2D eigenvalue weighted by Crippen LogP contribution is 2.34. The highest BCUT2D eigenvalue weighted by molar-refractivity contribution is 6.44. The minimum atomic E-state index is -4.66. The Balaban J connectivity index is 2.12. The normalized spacial score (nSPS) is 10.9. The van der Waals surface area contributed by atoms with Gasteiger partial charge in [-0.05, 0) is 30.3 Å². The molecule has 132 valence electrons. The van der Waals surface area contributed by atoms with Crippen molar-refractivity contribution in [3.63, 3.8) is 0 Å². The summed E-state index contributed by atoms with van der Waals surface area (Å²) in [6, 6.07) is 8.59. The van der Waals surface area contributed by atoms with Gasteiger partial charge in [0, 0.05) is 5.69 Å². The summed E-state index contributed by atoms with van der Waals surface area (Å²) >= 11 is 5.89. The molecule has 0 saturated carbocycles. The van der Waals surface area contributed by atoms with Gasteiger partial charge in [0.2, 0.25) is 0 Å². The fourth-order valence-corrected chi connectivity index (χ4v) is 2.21. The predicted molar refractivity (Wildman–Crippen MR) is 86.7 cm³/mol. The van der Waals surface area contributed by atoms with Gasteiger partial charge in [-0.2, -0.15) is 13.2 Å². The van der Waals surface area contributed by atoms with Crippen molar-refractivity contribution in [3.05, 3.63) is 53.1 Å². The number of anilines is 2. The maximum absolute atomic E-state index is 12.9. The lowest BCUT2D eigenvalue weighted by atomic mass is 10.1. The number of nitrogens with one attached hydrogen (secondary N) is 2. The smallest absolute Gasteiger partial charge is 0.418 e. The van der Waals surface area contributed by atoms with Crippen molar-refractivity contribution in [3.8, 4) is 5.75 Å². The molecule has 0 bridgehead atoms. The molecule has 2 N–H and O–H groups in total. The molecule has 9 heteroatoms.